The molecule has 0 radical (unpaired) electrons. The monoisotopic (exact) mass is 448 g/mol. The first kappa shape index (κ1) is 22.6. The van der Waals surface area contributed by atoms with Crippen molar-refractivity contribution in [2.45, 2.75) is 44.2 Å². The fourth-order valence-electron chi connectivity index (χ4n) is 4.64. The molecule has 7 heteroatoms. The van der Waals surface area contributed by atoms with E-state index in [0.29, 0.717) is 6.42 Å². The predicted octanol–water partition coefficient (Wildman–Crippen LogP) is 3.84. The van der Waals surface area contributed by atoms with Crippen LogP contribution < -0.4 is 10.6 Å². The molecule has 0 heterocycles. The lowest BCUT2D eigenvalue weighted by atomic mass is 9.98. The number of carboxylic acid groups (broad SMARTS) is 1. The Bertz CT molecular complexity index is 1060. The summed E-state index contributed by atoms with van der Waals surface area (Å²) in [5.74, 6) is -1.68. The smallest absolute Gasteiger partial charge is 0.407 e. The van der Waals surface area contributed by atoms with Gasteiger partial charge in [-0.3, -0.25) is 9.59 Å². The third-order valence-electron chi connectivity index (χ3n) is 6.12. The zero-order chi connectivity index (χ0) is 23.6. The van der Waals surface area contributed by atoms with Gasteiger partial charge in [0.1, 0.15) is 6.61 Å². The van der Waals surface area contributed by atoms with E-state index >= 15 is 0 Å². The Morgan fingerprint density at radius 1 is 1.00 bits per heavy atom. The summed E-state index contributed by atoms with van der Waals surface area (Å²) in [6.45, 7) is 3.57. The van der Waals surface area contributed by atoms with Crippen molar-refractivity contribution >= 4 is 18.0 Å². The molecule has 0 aliphatic heterocycles. The van der Waals surface area contributed by atoms with Gasteiger partial charge in [-0.2, -0.15) is 0 Å². The zero-order valence-corrected chi connectivity index (χ0v) is 18.7. The maximum Gasteiger partial charge on any atom is 0.407 e. The summed E-state index contributed by atoms with van der Waals surface area (Å²) >= 11 is 0. The minimum atomic E-state index is -0.975. The topological polar surface area (TPSA) is 105 Å². The normalized spacial score (nSPS) is 19.0. The summed E-state index contributed by atoms with van der Waals surface area (Å²) in [4.78, 5) is 35.9. The Balaban J connectivity index is 1.30. The van der Waals surface area contributed by atoms with E-state index in [2.05, 4.69) is 34.9 Å². The molecule has 0 saturated heterocycles. The lowest BCUT2D eigenvalue weighted by Gasteiger charge is -2.26. The Labute approximate surface area is 192 Å². The first-order chi connectivity index (χ1) is 15.7. The molecule has 2 atom stereocenters. The van der Waals surface area contributed by atoms with E-state index in [0.717, 1.165) is 11.1 Å². The van der Waals surface area contributed by atoms with Crippen LogP contribution in [0.5, 0.6) is 0 Å². The molecule has 2 aromatic carbocycles. The highest BCUT2D eigenvalue weighted by Crippen LogP contribution is 2.44. The lowest BCUT2D eigenvalue weighted by molar-refractivity contribution is -0.138. The molecule has 33 heavy (non-hydrogen) atoms. The summed E-state index contributed by atoms with van der Waals surface area (Å²) in [5.41, 5.74) is 3.77. The fraction of sp³-hybridized carbons (Fsp3) is 0.346. The molecule has 0 saturated carbocycles. The van der Waals surface area contributed by atoms with Crippen molar-refractivity contribution in [3.63, 3.8) is 0 Å². The van der Waals surface area contributed by atoms with Crippen molar-refractivity contribution < 1.29 is 24.2 Å². The minimum Gasteiger partial charge on any atom is -0.481 e. The summed E-state index contributed by atoms with van der Waals surface area (Å²) in [6.07, 6.45) is 3.21. The van der Waals surface area contributed by atoms with Crippen LogP contribution in [0.25, 0.3) is 11.1 Å². The molecule has 0 aromatic heterocycles. The molecule has 172 valence electrons. The van der Waals surface area contributed by atoms with Crippen LogP contribution in [-0.4, -0.2) is 41.3 Å². The molecule has 0 fully saturated rings. The molecule has 2 unspecified atom stereocenters. The van der Waals surface area contributed by atoms with E-state index in [1.165, 1.54) is 11.1 Å². The van der Waals surface area contributed by atoms with Crippen LogP contribution in [-0.2, 0) is 14.3 Å². The molecule has 7 nitrogen and oxygen atoms in total. The Morgan fingerprint density at radius 2 is 1.61 bits per heavy atom. The van der Waals surface area contributed by atoms with Crippen molar-refractivity contribution in [3.8, 4) is 11.1 Å². The second-order valence-corrected chi connectivity index (χ2v) is 9.25. The van der Waals surface area contributed by atoms with Gasteiger partial charge in [-0.25, -0.2) is 4.79 Å². The number of alkyl carbamates (subject to hydrolysis) is 1. The van der Waals surface area contributed by atoms with Gasteiger partial charge >= 0.3 is 12.1 Å². The van der Waals surface area contributed by atoms with Gasteiger partial charge < -0.3 is 20.5 Å². The molecule has 0 spiro atoms. The van der Waals surface area contributed by atoms with Gasteiger partial charge in [0, 0.05) is 11.5 Å². The SMILES string of the molecule is CC(C)(CC(=O)O)NC(=O)C1C=CC(NC(=O)OCC2c3ccccc3-c3ccccc32)C1. The molecule has 4 rings (SSSR count). The Kier molecular flexibility index (Phi) is 6.22. The summed E-state index contributed by atoms with van der Waals surface area (Å²) in [7, 11) is 0. The second-order valence-electron chi connectivity index (χ2n) is 9.25. The minimum absolute atomic E-state index is 0.0164. The maximum atomic E-state index is 12.5. The third kappa shape index (κ3) is 5.08. The van der Waals surface area contributed by atoms with Crippen molar-refractivity contribution in [2.75, 3.05) is 6.61 Å². The van der Waals surface area contributed by atoms with Gasteiger partial charge in [0.25, 0.3) is 0 Å². The molecule has 2 amide bonds. The number of benzene rings is 2. The van der Waals surface area contributed by atoms with E-state index in [4.69, 9.17) is 9.84 Å². The number of rotatable bonds is 7. The molecule has 2 aliphatic carbocycles. The molecular weight excluding hydrogens is 420 g/mol. The van der Waals surface area contributed by atoms with Crippen LogP contribution in [0.15, 0.2) is 60.7 Å². The van der Waals surface area contributed by atoms with Crippen molar-refractivity contribution in [1.82, 2.24) is 10.6 Å². The quantitative estimate of drug-likeness (QED) is 0.558. The first-order valence-corrected chi connectivity index (χ1v) is 11.1. The standard InChI is InChI=1S/C26H28N2O5/c1-26(2,14-23(29)30)28-24(31)16-11-12-17(13-16)27-25(32)33-15-22-20-9-5-3-7-18(20)19-8-4-6-10-21(19)22/h3-12,16-17,22H,13-15H2,1-2H3,(H,27,32)(H,28,31)(H,29,30). The summed E-state index contributed by atoms with van der Waals surface area (Å²) in [6, 6.07) is 16.0. The van der Waals surface area contributed by atoms with Crippen LogP contribution in [0.2, 0.25) is 0 Å². The van der Waals surface area contributed by atoms with Gasteiger partial charge in [0.15, 0.2) is 0 Å². The number of fused-ring (bicyclic) bond motifs is 3. The van der Waals surface area contributed by atoms with Crippen molar-refractivity contribution in [3.05, 3.63) is 71.8 Å². The van der Waals surface area contributed by atoms with Crippen LogP contribution in [0, 0.1) is 5.92 Å². The number of hydrogen-bond donors (Lipinski definition) is 3. The van der Waals surface area contributed by atoms with E-state index < -0.39 is 23.5 Å². The van der Waals surface area contributed by atoms with Crippen LogP contribution in [0.4, 0.5) is 4.79 Å². The highest BCUT2D eigenvalue weighted by molar-refractivity contribution is 5.83. The number of carbonyl (C=O) groups excluding carboxylic acids is 2. The maximum absolute atomic E-state index is 12.5. The van der Waals surface area contributed by atoms with Crippen molar-refractivity contribution in [1.29, 1.82) is 0 Å². The molecule has 0 bridgehead atoms. The molecule has 3 N–H and O–H groups in total. The largest absolute Gasteiger partial charge is 0.481 e. The van der Waals surface area contributed by atoms with E-state index in [1.807, 2.05) is 24.3 Å². The number of carbonyl (C=O) groups is 3. The van der Waals surface area contributed by atoms with E-state index in [1.54, 1.807) is 26.0 Å². The fourth-order valence-corrected chi connectivity index (χ4v) is 4.64. The molecule has 2 aromatic rings. The van der Waals surface area contributed by atoms with E-state index in [-0.39, 0.29) is 30.9 Å². The molecule has 2 aliphatic rings. The van der Waals surface area contributed by atoms with Gasteiger partial charge in [0.05, 0.1) is 18.4 Å². The van der Waals surface area contributed by atoms with Gasteiger partial charge in [0.2, 0.25) is 5.91 Å². The third-order valence-corrected chi connectivity index (χ3v) is 6.12. The van der Waals surface area contributed by atoms with Crippen LogP contribution in [0.1, 0.15) is 43.7 Å². The van der Waals surface area contributed by atoms with E-state index in [9.17, 15) is 14.4 Å². The highest BCUT2D eigenvalue weighted by atomic mass is 16.5. The van der Waals surface area contributed by atoms with Crippen LogP contribution in [0.3, 0.4) is 0 Å². The van der Waals surface area contributed by atoms with Gasteiger partial charge in [-0.15, -0.1) is 0 Å². The first-order valence-electron chi connectivity index (χ1n) is 11.1. The number of aliphatic carboxylic acids is 1. The van der Waals surface area contributed by atoms with Crippen molar-refractivity contribution in [2.24, 2.45) is 5.92 Å². The van der Waals surface area contributed by atoms with Gasteiger partial charge in [-0.05, 0) is 42.5 Å². The average Bonchev–Trinajstić information content (AvgIpc) is 3.34. The number of amides is 2. The highest BCUT2D eigenvalue weighted by Gasteiger charge is 2.32. The number of carboxylic acids is 1. The number of ether oxygens (including phenoxy) is 1. The predicted molar refractivity (Wildman–Crippen MR) is 124 cm³/mol. The summed E-state index contributed by atoms with van der Waals surface area (Å²) in [5, 5.41) is 14.6. The summed E-state index contributed by atoms with van der Waals surface area (Å²) < 4.78 is 5.57. The van der Waals surface area contributed by atoms with Gasteiger partial charge in [-0.1, -0.05) is 60.7 Å². The lowest BCUT2D eigenvalue weighted by Crippen LogP contribution is -2.47. The zero-order valence-electron chi connectivity index (χ0n) is 18.7. The van der Waals surface area contributed by atoms with Crippen LogP contribution >= 0.6 is 0 Å². The average molecular weight is 449 g/mol. The Hall–Kier alpha value is -3.61. The second kappa shape index (κ2) is 9.10. The number of nitrogens with one attached hydrogen (secondary N) is 2. The Morgan fingerprint density at radius 3 is 2.21 bits per heavy atom. The molecular formula is C26H28N2O5. The number of hydrogen-bond acceptors (Lipinski definition) is 4.